The van der Waals surface area contributed by atoms with Crippen molar-refractivity contribution in [2.24, 2.45) is 62.1 Å². The number of carboxylic acids is 1. The fraction of sp³-hybridized carbons (Fsp3) is 0.795. The van der Waals surface area contributed by atoms with Crippen molar-refractivity contribution in [3.8, 4) is 0 Å². The fourth-order valence-electron chi connectivity index (χ4n) is 12.8. The van der Waals surface area contributed by atoms with Gasteiger partial charge in [0, 0.05) is 0 Å². The molecule has 6 aliphatic rings. The van der Waals surface area contributed by atoms with E-state index in [1.54, 1.807) is 12.2 Å². The van der Waals surface area contributed by atoms with Crippen molar-refractivity contribution >= 4 is 18.0 Å². The van der Waals surface area contributed by atoms with Gasteiger partial charge in [-0.05, 0) is 121 Å². The molecule has 6 aliphatic carbocycles. The largest absolute Gasteiger partial charge is 0.481 e. The van der Waals surface area contributed by atoms with Crippen LogP contribution >= 0.6 is 0 Å². The van der Waals surface area contributed by atoms with Crippen molar-refractivity contribution in [2.45, 2.75) is 157 Å². The molecule has 0 aromatic rings. The molecular weight excluding hydrogens is 656 g/mol. The first-order valence-electron chi connectivity index (χ1n) is 20.2. The van der Waals surface area contributed by atoms with Crippen LogP contribution in [-0.2, 0) is 14.4 Å². The smallest absolute Gasteiger partial charge is 0.312 e. The van der Waals surface area contributed by atoms with Crippen LogP contribution in [0.25, 0.3) is 0 Å². The summed E-state index contributed by atoms with van der Waals surface area (Å²) in [6.07, 6.45) is 17.1. The van der Waals surface area contributed by atoms with Gasteiger partial charge in [0.25, 0.3) is 0 Å². The maximum Gasteiger partial charge on any atom is 0.312 e. The molecule has 0 aliphatic heterocycles. The van der Waals surface area contributed by atoms with Gasteiger partial charge in [0.05, 0.1) is 24.2 Å². The van der Waals surface area contributed by atoms with Crippen LogP contribution in [0.4, 0.5) is 0 Å². The Bertz CT molecular complexity index is 1460. The number of aliphatic hydroxyl groups is 4. The lowest BCUT2D eigenvalue weighted by Crippen LogP contribution is -2.67. The van der Waals surface area contributed by atoms with Crippen molar-refractivity contribution in [2.75, 3.05) is 0 Å². The SMILES string of the molecule is CC1(C)CCC2(C(=O)O)C(O)CC3(C)C(=CCC4C5(C)CCC(O)C(C)(C)C5CCC43C)C2C1.CCCC=CC=CC1CC(O)C(O)C(=O)C1C=O. The summed E-state index contributed by atoms with van der Waals surface area (Å²) in [5, 5.41) is 52.0. The van der Waals surface area contributed by atoms with E-state index in [2.05, 4.69) is 61.5 Å². The second-order valence-corrected chi connectivity index (χ2v) is 19.7. The lowest BCUT2D eigenvalue weighted by atomic mass is 9.33. The third-order valence-corrected chi connectivity index (χ3v) is 16.2. The topological polar surface area (TPSA) is 152 Å². The molecule has 0 spiro atoms. The zero-order chi connectivity index (χ0) is 38.7. The van der Waals surface area contributed by atoms with Gasteiger partial charge in [0.2, 0.25) is 0 Å². The summed E-state index contributed by atoms with van der Waals surface area (Å²) >= 11 is 0. The maximum absolute atomic E-state index is 12.8. The Hall–Kier alpha value is -2.13. The number of hydrogen-bond donors (Lipinski definition) is 5. The van der Waals surface area contributed by atoms with Crippen molar-refractivity contribution in [1.82, 2.24) is 0 Å². The molecule has 5 saturated carbocycles. The standard InChI is InChI=1S/C30H48O4.C14H20O4/c1-25(2)14-15-30(24(33)34)19(16-25)18-8-9-21-27(5)12-11-22(31)26(3,4)20(27)10-13-28(21,6)29(18,7)17-23(30)32;1-2-3-4-5-6-7-10-8-12(16)14(18)13(17)11(10)9-15/h8,19-23,31-32H,9-17H2,1-7H3,(H,33,34);4-7,9-12,14,16,18H,2-3,8H2,1H3. The fourth-order valence-corrected chi connectivity index (χ4v) is 12.8. The minimum absolute atomic E-state index is 0.0218. The van der Waals surface area contributed by atoms with E-state index in [1.165, 1.54) is 5.57 Å². The summed E-state index contributed by atoms with van der Waals surface area (Å²) < 4.78 is 0. The Labute approximate surface area is 312 Å². The lowest BCUT2D eigenvalue weighted by Gasteiger charge is -2.71. The minimum atomic E-state index is -1.43. The molecule has 13 atom stereocenters. The third kappa shape index (κ3) is 6.43. The van der Waals surface area contributed by atoms with Gasteiger partial charge in [0.15, 0.2) is 5.78 Å². The number of ketones is 1. The van der Waals surface area contributed by atoms with Crippen LogP contribution in [0.2, 0.25) is 0 Å². The molecule has 0 aromatic carbocycles. The summed E-state index contributed by atoms with van der Waals surface area (Å²) in [7, 11) is 0. The summed E-state index contributed by atoms with van der Waals surface area (Å²) in [6, 6.07) is 0. The van der Waals surface area contributed by atoms with Gasteiger partial charge in [-0.2, -0.15) is 0 Å². The van der Waals surface area contributed by atoms with Gasteiger partial charge in [-0.1, -0.05) is 97.8 Å². The van der Waals surface area contributed by atoms with Crippen molar-refractivity contribution in [3.63, 3.8) is 0 Å². The highest BCUT2D eigenvalue weighted by Crippen LogP contribution is 2.75. The average Bonchev–Trinajstić information content (AvgIpc) is 3.06. The molecule has 6 rings (SSSR count). The zero-order valence-electron chi connectivity index (χ0n) is 33.1. The summed E-state index contributed by atoms with van der Waals surface area (Å²) in [6.45, 7) is 18.5. The van der Waals surface area contributed by atoms with Crippen LogP contribution in [0.1, 0.15) is 132 Å². The number of aldehydes is 1. The molecule has 0 bridgehead atoms. The number of carboxylic acid groups (broad SMARTS) is 1. The Kier molecular flexibility index (Phi) is 11.4. The van der Waals surface area contributed by atoms with E-state index in [1.807, 2.05) is 12.2 Å². The highest BCUT2D eigenvalue weighted by Gasteiger charge is 2.71. The molecule has 8 heteroatoms. The number of aliphatic carboxylic acids is 1. The summed E-state index contributed by atoms with van der Waals surface area (Å²) in [4.78, 5) is 35.3. The Morgan fingerprint density at radius 2 is 1.58 bits per heavy atom. The Balaban J connectivity index is 0.000000246. The van der Waals surface area contributed by atoms with E-state index in [-0.39, 0.29) is 51.4 Å². The molecular formula is C44H68O8. The highest BCUT2D eigenvalue weighted by atomic mass is 16.4. The molecule has 0 radical (unpaired) electrons. The first-order valence-corrected chi connectivity index (χ1v) is 20.2. The predicted octanol–water partition coefficient (Wildman–Crippen LogP) is 7.23. The predicted molar refractivity (Wildman–Crippen MR) is 202 cm³/mol. The van der Waals surface area contributed by atoms with Crippen LogP contribution in [0.5, 0.6) is 0 Å². The van der Waals surface area contributed by atoms with Gasteiger partial charge in [0.1, 0.15) is 17.8 Å². The molecule has 0 saturated heterocycles. The molecule has 0 aromatic heterocycles. The minimum Gasteiger partial charge on any atom is -0.481 e. The maximum atomic E-state index is 12.8. The number of Topliss-reactive ketones (excluding diaryl/α,β-unsaturated/α-hetero) is 1. The van der Waals surface area contributed by atoms with Crippen LogP contribution in [0.3, 0.4) is 0 Å². The number of unbranched alkanes of at least 4 members (excludes halogenated alkanes) is 1. The number of hydrogen-bond acceptors (Lipinski definition) is 7. The molecule has 5 fully saturated rings. The van der Waals surface area contributed by atoms with Gasteiger partial charge in [-0.15, -0.1) is 0 Å². The van der Waals surface area contributed by atoms with Gasteiger partial charge >= 0.3 is 5.97 Å². The first-order chi connectivity index (χ1) is 24.2. The molecule has 5 N–H and O–H groups in total. The van der Waals surface area contributed by atoms with Crippen LogP contribution in [0.15, 0.2) is 36.0 Å². The van der Waals surface area contributed by atoms with E-state index < -0.39 is 41.4 Å². The number of fused-ring (bicyclic) bond motifs is 7. The van der Waals surface area contributed by atoms with Crippen LogP contribution in [0, 0.1) is 62.1 Å². The summed E-state index contributed by atoms with van der Waals surface area (Å²) in [5.41, 5.74) is 0.295. The summed E-state index contributed by atoms with van der Waals surface area (Å²) in [5.74, 6) is -1.68. The molecule has 0 heterocycles. The van der Waals surface area contributed by atoms with Gasteiger partial charge in [-0.3, -0.25) is 9.59 Å². The van der Waals surface area contributed by atoms with Crippen molar-refractivity contribution < 1.29 is 39.9 Å². The molecule has 0 amide bonds. The third-order valence-electron chi connectivity index (χ3n) is 16.2. The van der Waals surface area contributed by atoms with Crippen molar-refractivity contribution in [1.29, 1.82) is 0 Å². The van der Waals surface area contributed by atoms with E-state index in [0.29, 0.717) is 31.0 Å². The number of carbonyl (C=O) groups is 3. The Morgan fingerprint density at radius 3 is 2.21 bits per heavy atom. The highest BCUT2D eigenvalue weighted by molar-refractivity contribution is 5.97. The lowest BCUT2D eigenvalue weighted by molar-refractivity contribution is -0.218. The van der Waals surface area contributed by atoms with Crippen LogP contribution < -0.4 is 0 Å². The van der Waals surface area contributed by atoms with E-state index >= 15 is 0 Å². The van der Waals surface area contributed by atoms with E-state index in [0.717, 1.165) is 57.8 Å². The zero-order valence-corrected chi connectivity index (χ0v) is 33.1. The van der Waals surface area contributed by atoms with Crippen molar-refractivity contribution in [3.05, 3.63) is 36.0 Å². The molecule has 292 valence electrons. The first kappa shape index (κ1) is 41.0. The molecule has 52 heavy (non-hydrogen) atoms. The number of rotatable bonds is 6. The number of allylic oxidation sites excluding steroid dienone is 6. The van der Waals surface area contributed by atoms with Crippen LogP contribution in [-0.4, -0.2) is 68.0 Å². The van der Waals surface area contributed by atoms with Gasteiger partial charge in [-0.25, -0.2) is 0 Å². The Morgan fingerprint density at radius 1 is 0.885 bits per heavy atom. The quantitative estimate of drug-likeness (QED) is 0.0833. The normalized spacial score (nSPS) is 46.5. The number of carbonyl (C=O) groups excluding carboxylic acids is 2. The number of aliphatic hydroxyl groups excluding tert-OH is 4. The second-order valence-electron chi connectivity index (χ2n) is 19.7. The molecule has 8 nitrogen and oxygen atoms in total. The van der Waals surface area contributed by atoms with E-state index in [4.69, 9.17) is 0 Å². The second kappa shape index (κ2) is 14.5. The van der Waals surface area contributed by atoms with E-state index in [9.17, 15) is 39.9 Å². The average molecular weight is 725 g/mol. The monoisotopic (exact) mass is 724 g/mol. The molecule has 13 unspecified atom stereocenters. The van der Waals surface area contributed by atoms with Gasteiger partial charge < -0.3 is 30.3 Å².